The van der Waals surface area contributed by atoms with Crippen LogP contribution in [-0.4, -0.2) is 17.7 Å². The molecule has 0 unspecified atom stereocenters. The van der Waals surface area contributed by atoms with Gasteiger partial charge in [0.05, 0.1) is 6.61 Å². The van der Waals surface area contributed by atoms with Crippen LogP contribution < -0.4 is 0 Å². The smallest absolute Gasteiger partial charge is 0.373 e. The second kappa shape index (κ2) is 5.07. The van der Waals surface area contributed by atoms with Crippen molar-refractivity contribution in [1.29, 1.82) is 0 Å². The predicted molar refractivity (Wildman–Crippen MR) is 53.7 cm³/mol. The van der Waals surface area contributed by atoms with Crippen LogP contribution in [0.2, 0.25) is 0 Å². The Labute approximate surface area is 82.6 Å². The van der Waals surface area contributed by atoms with Crippen LogP contribution in [0.3, 0.4) is 0 Å². The van der Waals surface area contributed by atoms with E-state index in [2.05, 4.69) is 4.74 Å². The Kier molecular flexibility index (Phi) is 3.73. The van der Waals surface area contributed by atoms with E-state index >= 15 is 0 Å². The maximum absolute atomic E-state index is 11.0. The molecule has 0 fully saturated rings. The Morgan fingerprint density at radius 2 is 2.07 bits per heavy atom. The number of hydrogen-bond donors (Lipinski definition) is 1. The molecule has 0 heterocycles. The van der Waals surface area contributed by atoms with Gasteiger partial charge in [0, 0.05) is 0 Å². The molecule has 0 saturated carbocycles. The van der Waals surface area contributed by atoms with E-state index in [9.17, 15) is 9.90 Å². The number of ether oxygens (including phenoxy) is 1. The molecule has 0 aliphatic heterocycles. The molecule has 74 valence electrons. The summed E-state index contributed by atoms with van der Waals surface area (Å²) in [5, 5.41) is 9.29. The Morgan fingerprint density at radius 1 is 1.43 bits per heavy atom. The highest BCUT2D eigenvalue weighted by atomic mass is 16.5. The summed E-state index contributed by atoms with van der Waals surface area (Å²) >= 11 is 0. The van der Waals surface area contributed by atoms with Crippen molar-refractivity contribution in [3.63, 3.8) is 0 Å². The Bertz CT molecular complexity index is 328. The van der Waals surface area contributed by atoms with Gasteiger partial charge in [0.15, 0.2) is 0 Å². The molecule has 1 aromatic rings. The summed E-state index contributed by atoms with van der Waals surface area (Å²) in [6.45, 7) is 1.94. The van der Waals surface area contributed by atoms with Crippen molar-refractivity contribution in [2.45, 2.75) is 6.92 Å². The van der Waals surface area contributed by atoms with Gasteiger partial charge in [-0.3, -0.25) is 0 Å². The highest BCUT2D eigenvalue weighted by Crippen LogP contribution is 2.05. The molecule has 3 nitrogen and oxygen atoms in total. The van der Waals surface area contributed by atoms with E-state index in [1.807, 2.05) is 18.2 Å². The van der Waals surface area contributed by atoms with Gasteiger partial charge in [-0.1, -0.05) is 30.3 Å². The zero-order valence-electron chi connectivity index (χ0n) is 7.93. The summed E-state index contributed by atoms with van der Waals surface area (Å²) < 4.78 is 4.62. The van der Waals surface area contributed by atoms with E-state index < -0.39 is 5.97 Å². The topological polar surface area (TPSA) is 46.5 Å². The molecule has 1 N–H and O–H groups in total. The van der Waals surface area contributed by atoms with E-state index in [1.165, 1.54) is 6.08 Å². The van der Waals surface area contributed by atoms with Crippen LogP contribution in [0.25, 0.3) is 6.08 Å². The van der Waals surface area contributed by atoms with Gasteiger partial charge < -0.3 is 9.84 Å². The first kappa shape index (κ1) is 10.3. The molecule has 0 spiro atoms. The van der Waals surface area contributed by atoms with Crippen LogP contribution in [0.5, 0.6) is 0 Å². The molecule has 0 amide bonds. The van der Waals surface area contributed by atoms with Gasteiger partial charge in [0.2, 0.25) is 5.76 Å². The Morgan fingerprint density at radius 3 is 2.64 bits per heavy atom. The summed E-state index contributed by atoms with van der Waals surface area (Å²) in [5.41, 5.74) is 0.762. The van der Waals surface area contributed by atoms with Gasteiger partial charge in [-0.25, -0.2) is 4.79 Å². The number of carbonyl (C=O) groups is 1. The molecule has 14 heavy (non-hydrogen) atoms. The SMILES string of the molecule is CCOC(=O)/C(O)=C/c1ccccc1. The molecule has 0 aliphatic rings. The maximum atomic E-state index is 11.0. The molecular formula is C11H12O3. The number of benzene rings is 1. The molecule has 0 bridgehead atoms. The first-order chi connectivity index (χ1) is 6.74. The van der Waals surface area contributed by atoms with E-state index in [0.29, 0.717) is 0 Å². The maximum Gasteiger partial charge on any atom is 0.373 e. The monoisotopic (exact) mass is 192 g/mol. The van der Waals surface area contributed by atoms with Crippen LogP contribution in [0.15, 0.2) is 36.1 Å². The molecular weight excluding hydrogens is 180 g/mol. The van der Waals surface area contributed by atoms with E-state index in [-0.39, 0.29) is 12.4 Å². The third-order valence-corrected chi connectivity index (χ3v) is 1.59. The molecule has 0 aliphatic carbocycles. The third kappa shape index (κ3) is 2.94. The number of carbonyl (C=O) groups excluding carboxylic acids is 1. The molecule has 0 atom stereocenters. The van der Waals surface area contributed by atoms with Crippen LogP contribution in [0, 0.1) is 0 Å². The molecule has 1 rings (SSSR count). The quantitative estimate of drug-likeness (QED) is 0.453. The van der Waals surface area contributed by atoms with Crippen LogP contribution in [0.1, 0.15) is 12.5 Å². The zero-order valence-corrected chi connectivity index (χ0v) is 7.93. The fraction of sp³-hybridized carbons (Fsp3) is 0.182. The summed E-state index contributed by atoms with van der Waals surface area (Å²) in [5.74, 6) is -1.07. The minimum atomic E-state index is -0.698. The van der Waals surface area contributed by atoms with Gasteiger partial charge in [0.25, 0.3) is 0 Å². The first-order valence-electron chi connectivity index (χ1n) is 4.37. The minimum absolute atomic E-state index is 0.255. The van der Waals surface area contributed by atoms with Crippen molar-refractivity contribution < 1.29 is 14.6 Å². The lowest BCUT2D eigenvalue weighted by atomic mass is 10.2. The second-order valence-electron chi connectivity index (χ2n) is 2.66. The van der Waals surface area contributed by atoms with E-state index in [0.717, 1.165) is 5.56 Å². The molecule has 0 aromatic heterocycles. The van der Waals surface area contributed by atoms with Crippen molar-refractivity contribution >= 4 is 12.0 Å². The van der Waals surface area contributed by atoms with Gasteiger partial charge in [-0.05, 0) is 18.6 Å². The van der Waals surface area contributed by atoms with Crippen LogP contribution in [-0.2, 0) is 9.53 Å². The predicted octanol–water partition coefficient (Wildman–Crippen LogP) is 2.15. The lowest BCUT2D eigenvalue weighted by molar-refractivity contribution is -0.141. The van der Waals surface area contributed by atoms with E-state index in [4.69, 9.17) is 0 Å². The summed E-state index contributed by atoms with van der Waals surface area (Å²) in [7, 11) is 0. The lowest BCUT2D eigenvalue weighted by Crippen LogP contribution is -2.06. The normalized spacial score (nSPS) is 11.1. The van der Waals surface area contributed by atoms with Crippen molar-refractivity contribution in [2.24, 2.45) is 0 Å². The van der Waals surface area contributed by atoms with Crippen molar-refractivity contribution in [3.05, 3.63) is 41.7 Å². The second-order valence-corrected chi connectivity index (χ2v) is 2.66. The number of rotatable bonds is 3. The van der Waals surface area contributed by atoms with Crippen molar-refractivity contribution in [3.8, 4) is 0 Å². The fourth-order valence-corrected chi connectivity index (χ4v) is 0.971. The molecule has 0 saturated heterocycles. The van der Waals surface area contributed by atoms with Gasteiger partial charge in [-0.15, -0.1) is 0 Å². The van der Waals surface area contributed by atoms with Crippen molar-refractivity contribution in [1.82, 2.24) is 0 Å². The van der Waals surface area contributed by atoms with Crippen LogP contribution in [0.4, 0.5) is 0 Å². The fourth-order valence-electron chi connectivity index (χ4n) is 0.971. The van der Waals surface area contributed by atoms with Gasteiger partial charge in [0.1, 0.15) is 0 Å². The third-order valence-electron chi connectivity index (χ3n) is 1.59. The Balaban J connectivity index is 2.74. The van der Waals surface area contributed by atoms with Gasteiger partial charge >= 0.3 is 5.97 Å². The average Bonchev–Trinajstić information content (AvgIpc) is 2.19. The van der Waals surface area contributed by atoms with Gasteiger partial charge in [-0.2, -0.15) is 0 Å². The minimum Gasteiger partial charge on any atom is -0.502 e. The summed E-state index contributed by atoms with van der Waals surface area (Å²) in [6.07, 6.45) is 1.37. The number of aliphatic hydroxyl groups is 1. The first-order valence-corrected chi connectivity index (χ1v) is 4.37. The Hall–Kier alpha value is -1.77. The summed E-state index contributed by atoms with van der Waals surface area (Å²) in [4.78, 5) is 11.0. The molecule has 3 heteroatoms. The number of esters is 1. The zero-order chi connectivity index (χ0) is 10.4. The average molecular weight is 192 g/mol. The highest BCUT2D eigenvalue weighted by Gasteiger charge is 2.07. The van der Waals surface area contributed by atoms with Crippen molar-refractivity contribution in [2.75, 3.05) is 6.61 Å². The summed E-state index contributed by atoms with van der Waals surface area (Å²) in [6, 6.07) is 9.08. The van der Waals surface area contributed by atoms with Crippen LogP contribution >= 0.6 is 0 Å². The number of hydrogen-bond acceptors (Lipinski definition) is 3. The largest absolute Gasteiger partial charge is 0.502 e. The molecule has 1 aromatic carbocycles. The highest BCUT2D eigenvalue weighted by molar-refractivity contribution is 5.90. The lowest BCUT2D eigenvalue weighted by Gasteiger charge is -1.99. The molecule has 0 radical (unpaired) electrons. The van der Waals surface area contributed by atoms with E-state index in [1.54, 1.807) is 19.1 Å². The standard InChI is InChI=1S/C11H12O3/c1-2-14-11(13)10(12)8-9-6-4-3-5-7-9/h3-8,12H,2H2,1H3/b10-8-. The number of aliphatic hydroxyl groups excluding tert-OH is 1.